The van der Waals surface area contributed by atoms with Gasteiger partial charge in [0.15, 0.2) is 0 Å². The van der Waals surface area contributed by atoms with Gasteiger partial charge in [-0.3, -0.25) is 0 Å². The van der Waals surface area contributed by atoms with Gasteiger partial charge in [0.25, 0.3) is 0 Å². The van der Waals surface area contributed by atoms with Crippen molar-refractivity contribution in [2.24, 2.45) is 0 Å². The standard InChI is InChI=1S/C10H15NO7S/c1-6-9(3-8(18-6)10(13)14)19(15,16)11-4-7(12)5-17-2/h3,7,11-12H,4-5H2,1-2H3,(H,13,14). The van der Waals surface area contributed by atoms with Crippen LogP contribution >= 0.6 is 0 Å². The lowest BCUT2D eigenvalue weighted by atomic mass is 10.4. The first kappa shape index (κ1) is 15.6. The molecule has 0 aliphatic rings. The molecule has 0 amide bonds. The van der Waals surface area contributed by atoms with Crippen molar-refractivity contribution in [1.82, 2.24) is 4.72 Å². The molecule has 9 heteroatoms. The third-order valence-electron chi connectivity index (χ3n) is 2.24. The molecule has 108 valence electrons. The molecule has 0 aliphatic heterocycles. The fourth-order valence-electron chi connectivity index (χ4n) is 1.37. The minimum Gasteiger partial charge on any atom is -0.475 e. The average Bonchev–Trinajstić information content (AvgIpc) is 2.70. The molecule has 19 heavy (non-hydrogen) atoms. The minimum atomic E-state index is -3.94. The largest absolute Gasteiger partial charge is 0.475 e. The third-order valence-corrected chi connectivity index (χ3v) is 3.77. The first-order chi connectivity index (χ1) is 8.77. The van der Waals surface area contributed by atoms with Gasteiger partial charge in [-0.1, -0.05) is 0 Å². The van der Waals surface area contributed by atoms with E-state index in [1.807, 2.05) is 0 Å². The van der Waals surface area contributed by atoms with Crippen LogP contribution < -0.4 is 4.72 Å². The van der Waals surface area contributed by atoms with E-state index in [1.54, 1.807) is 0 Å². The van der Waals surface area contributed by atoms with Gasteiger partial charge in [0, 0.05) is 19.7 Å². The number of hydrogen-bond acceptors (Lipinski definition) is 6. The number of carboxylic acids is 1. The molecule has 0 radical (unpaired) electrons. The molecule has 1 unspecified atom stereocenters. The number of aliphatic hydroxyl groups excluding tert-OH is 1. The molecule has 0 aliphatic carbocycles. The Bertz CT molecular complexity index is 548. The number of nitrogens with one attached hydrogen (secondary N) is 1. The number of hydrogen-bond donors (Lipinski definition) is 3. The highest BCUT2D eigenvalue weighted by atomic mass is 32.2. The number of aromatic carboxylic acids is 1. The quantitative estimate of drug-likeness (QED) is 0.622. The van der Waals surface area contributed by atoms with Gasteiger partial charge in [-0.25, -0.2) is 17.9 Å². The Hall–Kier alpha value is -1.42. The Morgan fingerprint density at radius 3 is 2.68 bits per heavy atom. The summed E-state index contributed by atoms with van der Waals surface area (Å²) in [5, 5.41) is 18.1. The predicted molar refractivity (Wildman–Crippen MR) is 63.5 cm³/mol. The highest BCUT2D eigenvalue weighted by molar-refractivity contribution is 7.89. The normalized spacial score (nSPS) is 13.4. The molecule has 0 spiro atoms. The van der Waals surface area contributed by atoms with E-state index in [1.165, 1.54) is 14.0 Å². The first-order valence-corrected chi connectivity index (χ1v) is 6.76. The van der Waals surface area contributed by atoms with Gasteiger partial charge in [0.05, 0.1) is 12.7 Å². The summed E-state index contributed by atoms with van der Waals surface area (Å²) < 4.78 is 35.4. The van der Waals surface area contributed by atoms with Crippen LogP contribution in [0.4, 0.5) is 0 Å². The zero-order valence-electron chi connectivity index (χ0n) is 10.4. The molecule has 1 aromatic rings. The zero-order chi connectivity index (χ0) is 14.6. The lowest BCUT2D eigenvalue weighted by Gasteiger charge is -2.10. The van der Waals surface area contributed by atoms with Crippen LogP contribution in [0.25, 0.3) is 0 Å². The van der Waals surface area contributed by atoms with Gasteiger partial charge >= 0.3 is 5.97 Å². The van der Waals surface area contributed by atoms with Crippen molar-refractivity contribution in [3.05, 3.63) is 17.6 Å². The maximum absolute atomic E-state index is 11.9. The predicted octanol–water partition coefficient (Wildman–Crippen LogP) is -0.428. The van der Waals surface area contributed by atoms with Gasteiger partial charge in [-0.15, -0.1) is 0 Å². The van der Waals surface area contributed by atoms with Gasteiger partial charge in [-0.2, -0.15) is 0 Å². The summed E-state index contributed by atoms with van der Waals surface area (Å²) in [5.74, 6) is -1.86. The van der Waals surface area contributed by atoms with E-state index in [-0.39, 0.29) is 23.8 Å². The molecular weight excluding hydrogens is 278 g/mol. The van der Waals surface area contributed by atoms with Crippen LogP contribution in [0.15, 0.2) is 15.4 Å². The fraction of sp³-hybridized carbons (Fsp3) is 0.500. The third kappa shape index (κ3) is 4.03. The topological polar surface area (TPSA) is 126 Å². The number of aryl methyl sites for hydroxylation is 1. The summed E-state index contributed by atoms with van der Waals surface area (Å²) in [5.41, 5.74) is 0. The summed E-state index contributed by atoms with van der Waals surface area (Å²) in [6.45, 7) is 1.07. The lowest BCUT2D eigenvalue weighted by molar-refractivity contribution is 0.0660. The number of ether oxygens (including phenoxy) is 1. The molecule has 1 heterocycles. The summed E-state index contributed by atoms with van der Waals surface area (Å²) in [6, 6.07) is 0.919. The molecule has 1 atom stereocenters. The van der Waals surface area contributed by atoms with Crippen LogP contribution in [0.3, 0.4) is 0 Å². The van der Waals surface area contributed by atoms with E-state index < -0.39 is 27.9 Å². The Kier molecular flexibility index (Phi) is 5.06. The summed E-state index contributed by atoms with van der Waals surface area (Å²) in [6.07, 6.45) is -0.995. The second kappa shape index (κ2) is 6.15. The molecule has 0 fully saturated rings. The second-order valence-electron chi connectivity index (χ2n) is 3.80. The number of aliphatic hydroxyl groups is 1. The van der Waals surface area contributed by atoms with Crippen LogP contribution in [0, 0.1) is 6.92 Å². The Balaban J connectivity index is 2.86. The highest BCUT2D eigenvalue weighted by Crippen LogP contribution is 2.19. The van der Waals surface area contributed by atoms with Crippen LogP contribution in [-0.4, -0.2) is 51.0 Å². The zero-order valence-corrected chi connectivity index (χ0v) is 11.2. The number of carbonyl (C=O) groups is 1. The van der Waals surface area contributed by atoms with E-state index in [2.05, 4.69) is 9.46 Å². The molecule has 0 bridgehead atoms. The fourth-order valence-corrected chi connectivity index (χ4v) is 2.62. The van der Waals surface area contributed by atoms with Crippen LogP contribution in [0.2, 0.25) is 0 Å². The number of sulfonamides is 1. The average molecular weight is 293 g/mol. The molecule has 0 saturated heterocycles. The van der Waals surface area contributed by atoms with Crippen molar-refractivity contribution in [1.29, 1.82) is 0 Å². The molecular formula is C10H15NO7S. The van der Waals surface area contributed by atoms with Gasteiger partial charge in [0.2, 0.25) is 15.8 Å². The number of furan rings is 1. The maximum atomic E-state index is 11.9. The SMILES string of the molecule is COCC(O)CNS(=O)(=O)c1cc(C(=O)O)oc1C. The summed E-state index contributed by atoms with van der Waals surface area (Å²) >= 11 is 0. The number of methoxy groups -OCH3 is 1. The van der Waals surface area contributed by atoms with Crippen LogP contribution in [0.5, 0.6) is 0 Å². The first-order valence-electron chi connectivity index (χ1n) is 5.28. The Morgan fingerprint density at radius 2 is 2.21 bits per heavy atom. The van der Waals surface area contributed by atoms with Crippen molar-refractivity contribution in [2.45, 2.75) is 17.9 Å². The van der Waals surface area contributed by atoms with Gasteiger partial charge in [0.1, 0.15) is 10.7 Å². The summed E-state index contributed by atoms with van der Waals surface area (Å²) in [4.78, 5) is 10.4. The molecule has 1 aromatic heterocycles. The van der Waals surface area contributed by atoms with Crippen molar-refractivity contribution >= 4 is 16.0 Å². The molecule has 8 nitrogen and oxygen atoms in total. The monoisotopic (exact) mass is 293 g/mol. The molecule has 0 aromatic carbocycles. The van der Waals surface area contributed by atoms with E-state index >= 15 is 0 Å². The minimum absolute atomic E-state index is 0.0206. The van der Waals surface area contributed by atoms with E-state index in [4.69, 9.17) is 9.52 Å². The Labute approximate surface area is 110 Å². The Morgan fingerprint density at radius 1 is 1.58 bits per heavy atom. The lowest BCUT2D eigenvalue weighted by Crippen LogP contribution is -2.34. The van der Waals surface area contributed by atoms with Crippen molar-refractivity contribution < 1.29 is 32.6 Å². The highest BCUT2D eigenvalue weighted by Gasteiger charge is 2.24. The van der Waals surface area contributed by atoms with E-state index in [0.717, 1.165) is 6.07 Å². The van der Waals surface area contributed by atoms with Gasteiger partial charge < -0.3 is 19.4 Å². The van der Waals surface area contributed by atoms with Gasteiger partial charge in [-0.05, 0) is 6.92 Å². The van der Waals surface area contributed by atoms with Crippen LogP contribution in [-0.2, 0) is 14.8 Å². The van der Waals surface area contributed by atoms with E-state index in [0.29, 0.717) is 0 Å². The molecule has 3 N–H and O–H groups in total. The number of carboxylic acid groups (broad SMARTS) is 1. The van der Waals surface area contributed by atoms with Crippen molar-refractivity contribution in [2.75, 3.05) is 20.3 Å². The van der Waals surface area contributed by atoms with Crippen LogP contribution in [0.1, 0.15) is 16.3 Å². The second-order valence-corrected chi connectivity index (χ2v) is 5.53. The number of rotatable bonds is 7. The van der Waals surface area contributed by atoms with Crippen molar-refractivity contribution in [3.8, 4) is 0 Å². The smallest absolute Gasteiger partial charge is 0.371 e. The molecule has 0 saturated carbocycles. The maximum Gasteiger partial charge on any atom is 0.371 e. The van der Waals surface area contributed by atoms with E-state index in [9.17, 15) is 18.3 Å². The molecule has 1 rings (SSSR count). The van der Waals surface area contributed by atoms with Crippen molar-refractivity contribution in [3.63, 3.8) is 0 Å². The summed E-state index contributed by atoms with van der Waals surface area (Å²) in [7, 11) is -2.57.